The average molecular weight is 400 g/mol. The van der Waals surface area contributed by atoms with Crippen molar-refractivity contribution in [3.05, 3.63) is 77.9 Å². The van der Waals surface area contributed by atoms with E-state index in [1.54, 1.807) is 0 Å². The number of hydrogen-bond acceptors (Lipinski definition) is 4. The van der Waals surface area contributed by atoms with E-state index < -0.39 is 0 Å². The fraction of sp³-hybridized carbons (Fsp3) is 0.200. The van der Waals surface area contributed by atoms with Crippen LogP contribution in [0.25, 0.3) is 22.6 Å². The number of nitrogens with zero attached hydrogens (tertiary/aromatic N) is 1. The van der Waals surface area contributed by atoms with Crippen LogP contribution in [-0.4, -0.2) is 17.5 Å². The fourth-order valence-electron chi connectivity index (χ4n) is 3.10. The molecule has 0 unspecified atom stereocenters. The molecular weight excluding hydrogens is 376 g/mol. The van der Waals surface area contributed by atoms with Crippen LogP contribution in [-0.2, 0) is 4.79 Å². The van der Waals surface area contributed by atoms with E-state index in [-0.39, 0.29) is 12.5 Å². The first kappa shape index (κ1) is 19.7. The van der Waals surface area contributed by atoms with Gasteiger partial charge in [-0.3, -0.25) is 4.79 Å². The molecule has 152 valence electrons. The SMILES string of the molecule is Cc1ccc(OCC(=O)Nc2ccc(-c3nc4cc(C(C)C)ccc4o3)cc2)cc1. The highest BCUT2D eigenvalue weighted by Crippen LogP contribution is 2.27. The van der Waals surface area contributed by atoms with Crippen molar-refractivity contribution in [1.29, 1.82) is 0 Å². The predicted molar refractivity (Wildman–Crippen MR) is 119 cm³/mol. The van der Waals surface area contributed by atoms with E-state index in [1.807, 2.05) is 61.5 Å². The number of nitrogens with one attached hydrogen (secondary N) is 1. The molecule has 4 aromatic rings. The topological polar surface area (TPSA) is 64.4 Å². The van der Waals surface area contributed by atoms with Crippen LogP contribution >= 0.6 is 0 Å². The van der Waals surface area contributed by atoms with E-state index >= 15 is 0 Å². The number of ether oxygens (including phenoxy) is 1. The first-order valence-electron chi connectivity index (χ1n) is 9.98. The molecule has 0 aliphatic carbocycles. The Morgan fingerprint density at radius 2 is 1.77 bits per heavy atom. The third-order valence-corrected chi connectivity index (χ3v) is 4.88. The van der Waals surface area contributed by atoms with Gasteiger partial charge in [-0.15, -0.1) is 0 Å². The Morgan fingerprint density at radius 3 is 2.47 bits per heavy atom. The van der Waals surface area contributed by atoms with Crippen LogP contribution in [0.1, 0.15) is 30.9 Å². The predicted octanol–water partition coefficient (Wildman–Crippen LogP) is 5.94. The molecule has 0 saturated carbocycles. The van der Waals surface area contributed by atoms with Gasteiger partial charge in [0.2, 0.25) is 5.89 Å². The number of benzene rings is 3. The summed E-state index contributed by atoms with van der Waals surface area (Å²) in [5, 5.41) is 2.83. The van der Waals surface area contributed by atoms with Crippen LogP contribution in [0, 0.1) is 6.92 Å². The number of hydrogen-bond donors (Lipinski definition) is 1. The van der Waals surface area contributed by atoms with Gasteiger partial charge in [0.15, 0.2) is 12.2 Å². The second-order valence-corrected chi connectivity index (χ2v) is 7.63. The van der Waals surface area contributed by atoms with E-state index in [0.717, 1.165) is 22.2 Å². The van der Waals surface area contributed by atoms with Gasteiger partial charge in [0, 0.05) is 11.3 Å². The molecule has 0 radical (unpaired) electrons. The van der Waals surface area contributed by atoms with Gasteiger partial charge in [0.05, 0.1) is 0 Å². The number of carbonyl (C=O) groups is 1. The lowest BCUT2D eigenvalue weighted by Gasteiger charge is -2.08. The molecule has 0 bridgehead atoms. The van der Waals surface area contributed by atoms with Gasteiger partial charge in [-0.25, -0.2) is 4.98 Å². The Balaban J connectivity index is 1.40. The highest BCUT2D eigenvalue weighted by Gasteiger charge is 2.11. The lowest BCUT2D eigenvalue weighted by molar-refractivity contribution is -0.118. The Bertz CT molecular complexity index is 1160. The summed E-state index contributed by atoms with van der Waals surface area (Å²) in [7, 11) is 0. The van der Waals surface area contributed by atoms with Crippen molar-refractivity contribution >= 4 is 22.7 Å². The number of amides is 1. The lowest BCUT2D eigenvalue weighted by atomic mass is 10.0. The number of carbonyl (C=O) groups excluding carboxylic acids is 1. The van der Waals surface area contributed by atoms with Crippen LogP contribution in [0.5, 0.6) is 5.75 Å². The molecule has 0 spiro atoms. The maximum absolute atomic E-state index is 12.1. The van der Waals surface area contributed by atoms with Gasteiger partial charge in [0.25, 0.3) is 5.91 Å². The van der Waals surface area contributed by atoms with E-state index in [1.165, 1.54) is 5.56 Å². The first-order chi connectivity index (χ1) is 14.5. The Labute approximate surface area is 175 Å². The monoisotopic (exact) mass is 400 g/mol. The van der Waals surface area contributed by atoms with Gasteiger partial charge >= 0.3 is 0 Å². The lowest BCUT2D eigenvalue weighted by Crippen LogP contribution is -2.20. The number of aryl methyl sites for hydroxylation is 1. The van der Waals surface area contributed by atoms with Crippen molar-refractivity contribution in [2.45, 2.75) is 26.7 Å². The maximum atomic E-state index is 12.1. The smallest absolute Gasteiger partial charge is 0.262 e. The highest BCUT2D eigenvalue weighted by atomic mass is 16.5. The average Bonchev–Trinajstić information content (AvgIpc) is 3.17. The van der Waals surface area contributed by atoms with Crippen LogP contribution in [0.15, 0.2) is 71.1 Å². The zero-order valence-electron chi connectivity index (χ0n) is 17.3. The molecule has 1 N–H and O–H groups in total. The van der Waals surface area contributed by atoms with Gasteiger partial charge in [-0.2, -0.15) is 0 Å². The van der Waals surface area contributed by atoms with E-state index in [2.05, 4.69) is 36.3 Å². The van der Waals surface area contributed by atoms with Crippen LogP contribution in [0.3, 0.4) is 0 Å². The van der Waals surface area contributed by atoms with Crippen molar-refractivity contribution in [3.8, 4) is 17.2 Å². The molecule has 5 heteroatoms. The van der Waals surface area contributed by atoms with Crippen LogP contribution in [0.2, 0.25) is 0 Å². The van der Waals surface area contributed by atoms with Gasteiger partial charge < -0.3 is 14.5 Å². The van der Waals surface area contributed by atoms with Crippen LogP contribution < -0.4 is 10.1 Å². The molecule has 30 heavy (non-hydrogen) atoms. The first-order valence-corrected chi connectivity index (χ1v) is 9.98. The third kappa shape index (κ3) is 4.51. The quantitative estimate of drug-likeness (QED) is 0.435. The van der Waals surface area contributed by atoms with Gasteiger partial charge in [-0.05, 0) is 66.9 Å². The Kier molecular flexibility index (Phi) is 5.53. The zero-order valence-corrected chi connectivity index (χ0v) is 17.3. The minimum atomic E-state index is -0.216. The van der Waals surface area contributed by atoms with E-state index in [0.29, 0.717) is 23.2 Å². The van der Waals surface area contributed by atoms with Crippen molar-refractivity contribution in [2.24, 2.45) is 0 Å². The molecular formula is C25H24N2O3. The number of rotatable bonds is 6. The number of fused-ring (bicyclic) bond motifs is 1. The summed E-state index contributed by atoms with van der Waals surface area (Å²) in [4.78, 5) is 16.8. The largest absolute Gasteiger partial charge is 0.484 e. The van der Waals surface area contributed by atoms with Gasteiger partial charge in [0.1, 0.15) is 11.3 Å². The highest BCUT2D eigenvalue weighted by molar-refractivity contribution is 5.92. The molecule has 1 heterocycles. The van der Waals surface area contributed by atoms with Crippen molar-refractivity contribution in [3.63, 3.8) is 0 Å². The third-order valence-electron chi connectivity index (χ3n) is 4.88. The summed E-state index contributed by atoms with van der Waals surface area (Å²) >= 11 is 0. The summed E-state index contributed by atoms with van der Waals surface area (Å²) < 4.78 is 11.4. The summed E-state index contributed by atoms with van der Waals surface area (Å²) in [6.45, 7) is 6.26. The van der Waals surface area contributed by atoms with Gasteiger partial charge in [-0.1, -0.05) is 37.6 Å². The summed E-state index contributed by atoms with van der Waals surface area (Å²) in [6, 6.07) is 21.1. The molecule has 3 aromatic carbocycles. The number of oxazole rings is 1. The fourth-order valence-corrected chi connectivity index (χ4v) is 3.10. The molecule has 0 aliphatic heterocycles. The molecule has 4 rings (SSSR count). The van der Waals surface area contributed by atoms with Crippen molar-refractivity contribution < 1.29 is 13.9 Å². The molecule has 0 atom stereocenters. The number of anilines is 1. The summed E-state index contributed by atoms with van der Waals surface area (Å²) in [5.41, 5.74) is 5.53. The molecule has 5 nitrogen and oxygen atoms in total. The number of aromatic nitrogens is 1. The second kappa shape index (κ2) is 8.41. The normalized spacial score (nSPS) is 11.1. The van der Waals surface area contributed by atoms with E-state index in [9.17, 15) is 4.79 Å². The summed E-state index contributed by atoms with van der Waals surface area (Å²) in [5.74, 6) is 1.45. The Morgan fingerprint density at radius 1 is 1.03 bits per heavy atom. The molecule has 0 aliphatic rings. The van der Waals surface area contributed by atoms with Crippen molar-refractivity contribution in [2.75, 3.05) is 11.9 Å². The molecule has 1 amide bonds. The maximum Gasteiger partial charge on any atom is 0.262 e. The van der Waals surface area contributed by atoms with E-state index in [4.69, 9.17) is 9.15 Å². The standard InChI is InChI=1S/C25H24N2O3/c1-16(2)19-8-13-23-22(14-19)27-25(30-23)18-6-9-20(10-7-18)26-24(28)15-29-21-11-4-17(3)5-12-21/h4-14,16H,15H2,1-3H3,(H,26,28). The molecule has 0 saturated heterocycles. The second-order valence-electron chi connectivity index (χ2n) is 7.63. The minimum Gasteiger partial charge on any atom is -0.484 e. The zero-order chi connectivity index (χ0) is 21.1. The summed E-state index contributed by atoms with van der Waals surface area (Å²) in [6.07, 6.45) is 0. The minimum absolute atomic E-state index is 0.0475. The van der Waals surface area contributed by atoms with Crippen molar-refractivity contribution in [1.82, 2.24) is 4.98 Å². The van der Waals surface area contributed by atoms with Crippen LogP contribution in [0.4, 0.5) is 5.69 Å². The Hall–Kier alpha value is -3.60. The molecule has 0 fully saturated rings. The molecule has 1 aromatic heterocycles.